The molecule has 0 heterocycles. The number of nitrogen functional groups attached to an aromatic ring is 1. The highest BCUT2D eigenvalue weighted by atomic mass is 16.5. The molecule has 0 unspecified atom stereocenters. The third-order valence-electron chi connectivity index (χ3n) is 2.75. The van der Waals surface area contributed by atoms with E-state index in [-0.39, 0.29) is 5.56 Å². The summed E-state index contributed by atoms with van der Waals surface area (Å²) < 4.78 is 10.7. The summed E-state index contributed by atoms with van der Waals surface area (Å²) in [6.07, 6.45) is 0. The lowest BCUT2D eigenvalue weighted by Crippen LogP contribution is -2.11. The van der Waals surface area contributed by atoms with Crippen molar-refractivity contribution in [3.8, 4) is 23.3 Å². The van der Waals surface area contributed by atoms with Crippen LogP contribution >= 0.6 is 0 Å². The number of rotatable bonds is 4. The minimum atomic E-state index is -0.600. The van der Waals surface area contributed by atoms with E-state index < -0.39 is 5.91 Å². The fourth-order valence-corrected chi connectivity index (χ4v) is 1.74. The van der Waals surface area contributed by atoms with Gasteiger partial charge in [-0.3, -0.25) is 4.79 Å². The summed E-state index contributed by atoms with van der Waals surface area (Å²) in [6, 6.07) is 11.3. The molecule has 0 aromatic heterocycles. The molecular weight excluding hydrogens is 270 g/mol. The van der Waals surface area contributed by atoms with E-state index in [1.807, 2.05) is 6.07 Å². The van der Waals surface area contributed by atoms with Crippen LogP contribution in [0.2, 0.25) is 0 Å². The number of methoxy groups -OCH3 is 1. The summed E-state index contributed by atoms with van der Waals surface area (Å²) in [5.41, 5.74) is 11.9. The summed E-state index contributed by atoms with van der Waals surface area (Å²) in [5.74, 6) is 0.492. The van der Waals surface area contributed by atoms with Gasteiger partial charge in [0.2, 0.25) is 5.91 Å². The fourth-order valence-electron chi connectivity index (χ4n) is 1.74. The predicted octanol–water partition coefficient (Wildman–Crippen LogP) is 2.04. The molecule has 2 aromatic carbocycles. The van der Waals surface area contributed by atoms with Crippen LogP contribution in [-0.4, -0.2) is 13.0 Å². The van der Waals surface area contributed by atoms with Crippen molar-refractivity contribution in [1.29, 1.82) is 5.26 Å². The van der Waals surface area contributed by atoms with Crippen LogP contribution in [0.25, 0.3) is 0 Å². The smallest absolute Gasteiger partial charge is 0.248 e. The van der Waals surface area contributed by atoms with Crippen LogP contribution in [0.3, 0.4) is 0 Å². The summed E-state index contributed by atoms with van der Waals surface area (Å²) in [6.45, 7) is 0. The van der Waals surface area contributed by atoms with Gasteiger partial charge in [0.1, 0.15) is 23.3 Å². The normalized spacial score (nSPS) is 9.71. The molecule has 2 rings (SSSR count). The first-order valence-electron chi connectivity index (χ1n) is 6.00. The summed E-state index contributed by atoms with van der Waals surface area (Å²) >= 11 is 0. The summed E-state index contributed by atoms with van der Waals surface area (Å²) in [4.78, 5) is 11.3. The molecule has 6 heteroatoms. The van der Waals surface area contributed by atoms with E-state index in [2.05, 4.69) is 0 Å². The number of nitriles is 1. The molecular formula is C15H13N3O3. The Bertz CT molecular complexity index is 735. The average molecular weight is 283 g/mol. The Labute approximate surface area is 121 Å². The van der Waals surface area contributed by atoms with Crippen LogP contribution in [0.15, 0.2) is 36.4 Å². The van der Waals surface area contributed by atoms with Gasteiger partial charge in [-0.05, 0) is 30.3 Å². The zero-order valence-electron chi connectivity index (χ0n) is 11.3. The molecule has 2 aromatic rings. The maximum atomic E-state index is 11.3. The third kappa shape index (κ3) is 3.22. The van der Waals surface area contributed by atoms with Crippen LogP contribution in [-0.2, 0) is 0 Å². The molecule has 0 saturated heterocycles. The van der Waals surface area contributed by atoms with E-state index in [1.54, 1.807) is 18.2 Å². The molecule has 0 bridgehead atoms. The third-order valence-corrected chi connectivity index (χ3v) is 2.75. The maximum Gasteiger partial charge on any atom is 0.248 e. The number of anilines is 1. The molecule has 0 aliphatic heterocycles. The zero-order chi connectivity index (χ0) is 15.4. The number of carbonyl (C=O) groups excluding carboxylic acids is 1. The van der Waals surface area contributed by atoms with E-state index >= 15 is 0 Å². The number of nitrogens with two attached hydrogens (primary N) is 2. The number of hydrogen-bond acceptors (Lipinski definition) is 5. The van der Waals surface area contributed by atoms with Crippen LogP contribution in [0.1, 0.15) is 15.9 Å². The monoisotopic (exact) mass is 283 g/mol. The maximum absolute atomic E-state index is 11.3. The van der Waals surface area contributed by atoms with Gasteiger partial charge >= 0.3 is 0 Å². The molecule has 1 amide bonds. The number of ether oxygens (including phenoxy) is 2. The number of carbonyl (C=O) groups is 1. The number of amides is 1. The van der Waals surface area contributed by atoms with Gasteiger partial charge in [0.15, 0.2) is 0 Å². The zero-order valence-corrected chi connectivity index (χ0v) is 11.3. The Morgan fingerprint density at radius 2 is 1.90 bits per heavy atom. The molecule has 4 N–H and O–H groups in total. The van der Waals surface area contributed by atoms with Crippen molar-refractivity contribution in [2.45, 2.75) is 0 Å². The molecule has 0 spiro atoms. The molecule has 0 radical (unpaired) electrons. The Kier molecular flexibility index (Phi) is 3.95. The van der Waals surface area contributed by atoms with Crippen molar-refractivity contribution in [3.05, 3.63) is 47.5 Å². The van der Waals surface area contributed by atoms with E-state index in [0.29, 0.717) is 28.5 Å². The van der Waals surface area contributed by atoms with Crippen LogP contribution in [0, 0.1) is 11.3 Å². The number of primary amides is 1. The quantitative estimate of drug-likeness (QED) is 0.834. The molecule has 0 atom stereocenters. The molecule has 0 saturated carbocycles. The van der Waals surface area contributed by atoms with E-state index in [9.17, 15) is 4.79 Å². The van der Waals surface area contributed by atoms with Crippen molar-refractivity contribution in [1.82, 2.24) is 0 Å². The van der Waals surface area contributed by atoms with Gasteiger partial charge in [-0.25, -0.2) is 0 Å². The van der Waals surface area contributed by atoms with Gasteiger partial charge in [0, 0.05) is 17.3 Å². The first kappa shape index (κ1) is 14.2. The average Bonchev–Trinajstić information content (AvgIpc) is 2.48. The summed E-state index contributed by atoms with van der Waals surface area (Å²) in [7, 11) is 1.47. The SMILES string of the molecule is COc1cc(Oc2ccc(N)cc2C#N)cc(C(N)=O)c1. The van der Waals surface area contributed by atoms with Crippen molar-refractivity contribution >= 4 is 11.6 Å². The van der Waals surface area contributed by atoms with Gasteiger partial charge in [0.25, 0.3) is 0 Å². The number of nitrogens with zero attached hydrogens (tertiary/aromatic N) is 1. The van der Waals surface area contributed by atoms with Crippen LogP contribution in [0.4, 0.5) is 5.69 Å². The minimum Gasteiger partial charge on any atom is -0.497 e. The number of hydrogen-bond donors (Lipinski definition) is 2. The Hall–Kier alpha value is -3.20. The molecule has 21 heavy (non-hydrogen) atoms. The largest absolute Gasteiger partial charge is 0.497 e. The molecule has 0 fully saturated rings. The Morgan fingerprint density at radius 3 is 2.52 bits per heavy atom. The van der Waals surface area contributed by atoms with E-state index in [1.165, 1.54) is 25.3 Å². The van der Waals surface area contributed by atoms with Crippen LogP contribution < -0.4 is 20.9 Å². The van der Waals surface area contributed by atoms with Gasteiger partial charge in [-0.1, -0.05) is 0 Å². The van der Waals surface area contributed by atoms with E-state index in [4.69, 9.17) is 26.2 Å². The molecule has 0 aliphatic rings. The Morgan fingerprint density at radius 1 is 1.19 bits per heavy atom. The van der Waals surface area contributed by atoms with Gasteiger partial charge < -0.3 is 20.9 Å². The molecule has 6 nitrogen and oxygen atoms in total. The van der Waals surface area contributed by atoms with Gasteiger partial charge in [-0.15, -0.1) is 0 Å². The number of benzene rings is 2. The van der Waals surface area contributed by atoms with Gasteiger partial charge in [-0.2, -0.15) is 5.26 Å². The second kappa shape index (κ2) is 5.84. The minimum absolute atomic E-state index is 0.248. The van der Waals surface area contributed by atoms with Crippen LogP contribution in [0.5, 0.6) is 17.2 Å². The lowest BCUT2D eigenvalue weighted by atomic mass is 10.1. The van der Waals surface area contributed by atoms with Crippen molar-refractivity contribution < 1.29 is 14.3 Å². The predicted molar refractivity (Wildman–Crippen MR) is 77.2 cm³/mol. The highest BCUT2D eigenvalue weighted by molar-refractivity contribution is 5.93. The molecule has 0 aliphatic carbocycles. The van der Waals surface area contributed by atoms with E-state index in [0.717, 1.165) is 0 Å². The van der Waals surface area contributed by atoms with Crippen molar-refractivity contribution in [3.63, 3.8) is 0 Å². The topological polar surface area (TPSA) is 111 Å². The highest BCUT2D eigenvalue weighted by Crippen LogP contribution is 2.30. The highest BCUT2D eigenvalue weighted by Gasteiger charge is 2.10. The first-order valence-corrected chi connectivity index (χ1v) is 6.00. The lowest BCUT2D eigenvalue weighted by molar-refractivity contribution is 0.0999. The molecule has 106 valence electrons. The van der Waals surface area contributed by atoms with Crippen molar-refractivity contribution in [2.24, 2.45) is 5.73 Å². The standard InChI is InChI=1S/C15H13N3O3/c1-20-12-5-9(15(18)19)6-13(7-12)21-14-3-2-11(17)4-10(14)8-16/h2-7H,17H2,1H3,(H2,18,19). The lowest BCUT2D eigenvalue weighted by Gasteiger charge is -2.10. The fraction of sp³-hybridized carbons (Fsp3) is 0.0667. The second-order valence-corrected chi connectivity index (χ2v) is 4.23. The second-order valence-electron chi connectivity index (χ2n) is 4.23. The first-order chi connectivity index (χ1) is 10.0. The van der Waals surface area contributed by atoms with Crippen molar-refractivity contribution in [2.75, 3.05) is 12.8 Å². The van der Waals surface area contributed by atoms with Gasteiger partial charge in [0.05, 0.1) is 12.7 Å². The Balaban J connectivity index is 2.42. The summed E-state index contributed by atoms with van der Waals surface area (Å²) in [5, 5.41) is 9.08.